The van der Waals surface area contributed by atoms with E-state index in [2.05, 4.69) is 4.98 Å². The molecule has 1 aromatic carbocycles. The van der Waals surface area contributed by atoms with Crippen molar-refractivity contribution in [2.75, 3.05) is 13.1 Å². The number of carbonyl (C=O) groups is 1. The van der Waals surface area contributed by atoms with Crippen molar-refractivity contribution >= 4 is 27.5 Å². The number of hydrogen-bond acceptors (Lipinski definition) is 5. The Kier molecular flexibility index (Phi) is 3.66. The summed E-state index contributed by atoms with van der Waals surface area (Å²) >= 11 is 1.64. The molecule has 1 aliphatic heterocycles. The molecule has 0 unspecified atom stereocenters. The number of aryl methyl sites for hydroxylation is 2. The van der Waals surface area contributed by atoms with Gasteiger partial charge in [0.15, 0.2) is 0 Å². The third-order valence-corrected chi connectivity index (χ3v) is 5.47. The van der Waals surface area contributed by atoms with Gasteiger partial charge in [0.2, 0.25) is 0 Å². The number of rotatable bonds is 2. The molecule has 2 atom stereocenters. The number of nitrogens with two attached hydrogens (primary N) is 1. The average molecular weight is 341 g/mol. The van der Waals surface area contributed by atoms with Crippen LogP contribution in [0.5, 0.6) is 0 Å². The number of hydrogen-bond donors (Lipinski definition) is 1. The van der Waals surface area contributed by atoms with Gasteiger partial charge in [-0.15, -0.1) is 11.3 Å². The van der Waals surface area contributed by atoms with Crippen LogP contribution in [0.1, 0.15) is 32.8 Å². The number of amides is 1. The summed E-state index contributed by atoms with van der Waals surface area (Å²) in [6.45, 7) is 5.01. The molecule has 5 nitrogen and oxygen atoms in total. The van der Waals surface area contributed by atoms with Gasteiger partial charge in [-0.25, -0.2) is 4.98 Å². The van der Waals surface area contributed by atoms with Crippen LogP contribution in [0, 0.1) is 13.8 Å². The molecule has 6 heteroatoms. The molecule has 0 spiro atoms. The predicted molar refractivity (Wildman–Crippen MR) is 94.4 cm³/mol. The molecule has 3 aromatic rings. The van der Waals surface area contributed by atoms with Crippen LogP contribution in [0.4, 0.5) is 0 Å². The normalized spacial score (nSPS) is 20.9. The lowest BCUT2D eigenvalue weighted by Gasteiger charge is -2.16. The van der Waals surface area contributed by atoms with E-state index >= 15 is 0 Å². The summed E-state index contributed by atoms with van der Waals surface area (Å²) in [6, 6.07) is 9.50. The Balaban J connectivity index is 1.57. The third-order valence-electron chi connectivity index (χ3n) is 4.52. The molecule has 0 radical (unpaired) electrons. The smallest absolute Gasteiger partial charge is 0.254 e. The molecular formula is C18H19N3O2S. The maximum Gasteiger partial charge on any atom is 0.254 e. The van der Waals surface area contributed by atoms with Gasteiger partial charge in [-0.1, -0.05) is 0 Å². The van der Waals surface area contributed by atoms with E-state index in [1.54, 1.807) is 11.3 Å². The number of nitrogens with zero attached hydrogens (tertiary/aromatic N) is 2. The Bertz CT molecular complexity index is 914. The van der Waals surface area contributed by atoms with E-state index in [-0.39, 0.29) is 17.9 Å². The highest BCUT2D eigenvalue weighted by Crippen LogP contribution is 2.29. The first-order valence-corrected chi connectivity index (χ1v) is 8.81. The Labute approximate surface area is 144 Å². The molecule has 124 valence electrons. The van der Waals surface area contributed by atoms with Crippen molar-refractivity contribution in [1.82, 2.24) is 9.88 Å². The number of benzene rings is 1. The van der Waals surface area contributed by atoms with Crippen LogP contribution in [0.2, 0.25) is 0 Å². The highest BCUT2D eigenvalue weighted by molar-refractivity contribution is 7.18. The zero-order valence-electron chi connectivity index (χ0n) is 13.7. The summed E-state index contributed by atoms with van der Waals surface area (Å²) in [5, 5.41) is 1.01. The van der Waals surface area contributed by atoms with Crippen molar-refractivity contribution in [3.05, 3.63) is 52.4 Å². The van der Waals surface area contributed by atoms with Crippen molar-refractivity contribution in [3.63, 3.8) is 0 Å². The zero-order chi connectivity index (χ0) is 16.8. The molecule has 1 saturated heterocycles. The quantitative estimate of drug-likeness (QED) is 0.777. The summed E-state index contributed by atoms with van der Waals surface area (Å²) in [4.78, 5) is 19.1. The van der Waals surface area contributed by atoms with Crippen molar-refractivity contribution in [3.8, 4) is 0 Å². The molecule has 1 amide bonds. The second-order valence-corrected chi connectivity index (χ2v) is 7.58. The second kappa shape index (κ2) is 5.72. The van der Waals surface area contributed by atoms with Gasteiger partial charge in [-0.3, -0.25) is 4.79 Å². The first kappa shape index (κ1) is 15.4. The number of fused-ring (bicyclic) bond motifs is 1. The fourth-order valence-corrected chi connectivity index (χ4v) is 4.11. The standard InChI is InChI=1S/C18H19N3O2S/c1-10-3-5-16(23-10)13-8-21(9-14(13)19)18(22)12-4-6-17-15(7-12)20-11(2)24-17/h3-7,13-14H,8-9,19H2,1-2H3/t13-,14-/m0/s1. The summed E-state index contributed by atoms with van der Waals surface area (Å²) in [7, 11) is 0. The predicted octanol–water partition coefficient (Wildman–Crippen LogP) is 3.07. The molecule has 3 heterocycles. The largest absolute Gasteiger partial charge is 0.466 e. The van der Waals surface area contributed by atoms with Gasteiger partial charge in [-0.2, -0.15) is 0 Å². The van der Waals surface area contributed by atoms with E-state index in [9.17, 15) is 4.79 Å². The van der Waals surface area contributed by atoms with E-state index in [1.807, 2.05) is 49.1 Å². The maximum atomic E-state index is 12.8. The highest BCUT2D eigenvalue weighted by Gasteiger charge is 2.36. The second-order valence-electron chi connectivity index (χ2n) is 6.34. The average Bonchev–Trinajstić information content (AvgIpc) is 3.23. The van der Waals surface area contributed by atoms with E-state index in [1.165, 1.54) is 0 Å². The Morgan fingerprint density at radius 1 is 1.29 bits per heavy atom. The summed E-state index contributed by atoms with van der Waals surface area (Å²) in [5.74, 6) is 1.78. The Hall–Kier alpha value is -2.18. The maximum absolute atomic E-state index is 12.8. The van der Waals surface area contributed by atoms with Crippen LogP contribution in [0.3, 0.4) is 0 Å². The lowest BCUT2D eigenvalue weighted by Crippen LogP contribution is -2.32. The summed E-state index contributed by atoms with van der Waals surface area (Å²) in [5.41, 5.74) is 7.80. The first-order chi connectivity index (χ1) is 11.5. The van der Waals surface area contributed by atoms with E-state index in [0.29, 0.717) is 18.7 Å². The van der Waals surface area contributed by atoms with Gasteiger partial charge in [0, 0.05) is 24.7 Å². The topological polar surface area (TPSA) is 72.4 Å². The molecule has 0 aliphatic carbocycles. The summed E-state index contributed by atoms with van der Waals surface area (Å²) < 4.78 is 6.81. The monoisotopic (exact) mass is 341 g/mol. The zero-order valence-corrected chi connectivity index (χ0v) is 14.5. The number of likely N-dealkylation sites (tertiary alicyclic amines) is 1. The highest BCUT2D eigenvalue weighted by atomic mass is 32.1. The van der Waals surface area contributed by atoms with Crippen molar-refractivity contribution in [1.29, 1.82) is 0 Å². The molecule has 1 fully saturated rings. The van der Waals surface area contributed by atoms with Crippen LogP contribution in [0.25, 0.3) is 10.2 Å². The number of aromatic nitrogens is 1. The van der Waals surface area contributed by atoms with Gasteiger partial charge in [-0.05, 0) is 44.2 Å². The van der Waals surface area contributed by atoms with Crippen LogP contribution in [0.15, 0.2) is 34.7 Å². The van der Waals surface area contributed by atoms with Crippen LogP contribution in [-0.4, -0.2) is 34.9 Å². The fraction of sp³-hybridized carbons (Fsp3) is 0.333. The van der Waals surface area contributed by atoms with Gasteiger partial charge in [0.25, 0.3) is 5.91 Å². The molecule has 0 saturated carbocycles. The van der Waals surface area contributed by atoms with Crippen LogP contribution < -0.4 is 5.73 Å². The number of thiazole rings is 1. The van der Waals surface area contributed by atoms with Gasteiger partial charge in [0.1, 0.15) is 11.5 Å². The molecular weight excluding hydrogens is 322 g/mol. The Morgan fingerprint density at radius 2 is 2.12 bits per heavy atom. The number of carbonyl (C=O) groups excluding carboxylic acids is 1. The minimum Gasteiger partial charge on any atom is -0.466 e. The van der Waals surface area contributed by atoms with Crippen molar-refractivity contribution < 1.29 is 9.21 Å². The SMILES string of the molecule is Cc1ccc([C@H]2CN(C(=O)c3ccc4sc(C)nc4c3)C[C@@H]2N)o1. The van der Waals surface area contributed by atoms with Gasteiger partial charge < -0.3 is 15.1 Å². The molecule has 2 aromatic heterocycles. The minimum absolute atomic E-state index is 0.00350. The van der Waals surface area contributed by atoms with E-state index in [4.69, 9.17) is 10.2 Å². The molecule has 2 N–H and O–H groups in total. The van der Waals surface area contributed by atoms with Gasteiger partial charge >= 0.3 is 0 Å². The fourth-order valence-electron chi connectivity index (χ4n) is 3.31. The minimum atomic E-state index is -0.107. The lowest BCUT2D eigenvalue weighted by molar-refractivity contribution is 0.0788. The van der Waals surface area contributed by atoms with Crippen molar-refractivity contribution in [2.45, 2.75) is 25.8 Å². The molecule has 24 heavy (non-hydrogen) atoms. The molecule has 1 aliphatic rings. The molecule has 0 bridgehead atoms. The van der Waals surface area contributed by atoms with Gasteiger partial charge in [0.05, 0.1) is 21.1 Å². The van der Waals surface area contributed by atoms with E-state index in [0.717, 1.165) is 26.7 Å². The van der Waals surface area contributed by atoms with Crippen LogP contribution >= 0.6 is 11.3 Å². The third kappa shape index (κ3) is 2.61. The lowest BCUT2D eigenvalue weighted by atomic mass is 10.0. The summed E-state index contributed by atoms with van der Waals surface area (Å²) in [6.07, 6.45) is 0. The van der Waals surface area contributed by atoms with Crippen LogP contribution in [-0.2, 0) is 0 Å². The van der Waals surface area contributed by atoms with Crippen molar-refractivity contribution in [2.24, 2.45) is 5.73 Å². The van der Waals surface area contributed by atoms with E-state index < -0.39 is 0 Å². The Morgan fingerprint density at radius 3 is 2.88 bits per heavy atom. The number of furan rings is 1. The first-order valence-electron chi connectivity index (χ1n) is 7.99. The molecule has 4 rings (SSSR count).